The molecule has 29 heavy (non-hydrogen) atoms. The lowest BCUT2D eigenvalue weighted by atomic mass is 9.64. The number of carbonyl (C=O) groups excluding carboxylic acids is 2. The number of benzene rings is 1. The third kappa shape index (κ3) is 2.68. The molecular weight excluding hydrogens is 364 g/mol. The van der Waals surface area contributed by atoms with Gasteiger partial charge in [-0.2, -0.15) is 5.10 Å². The lowest BCUT2D eigenvalue weighted by molar-refractivity contribution is -0.154. The molecule has 6 nitrogen and oxygen atoms in total. The maximum absolute atomic E-state index is 13.8. The number of hydrazone groups is 1. The van der Waals surface area contributed by atoms with Gasteiger partial charge in [-0.05, 0) is 36.9 Å². The summed E-state index contributed by atoms with van der Waals surface area (Å²) >= 11 is 0. The van der Waals surface area contributed by atoms with Crippen molar-refractivity contribution in [3.05, 3.63) is 30.3 Å². The standard InChI is InChI=1S/C23H32N4O2/c1-5-26-13-15-27(16-14-26)20(29)23-12-11-22(4,21(23,2)3)18(19(23)28)25-24-17-9-7-6-8-10-17/h6-10,24H,5,11-16H2,1-4H3/b25-18+. The highest BCUT2D eigenvalue weighted by Crippen LogP contribution is 2.69. The minimum absolute atomic E-state index is 0.0110. The Kier molecular flexibility index (Phi) is 4.80. The number of amides is 1. The first kappa shape index (κ1) is 20.1. The van der Waals surface area contributed by atoms with Gasteiger partial charge in [-0.15, -0.1) is 0 Å². The van der Waals surface area contributed by atoms with E-state index >= 15 is 0 Å². The number of piperazine rings is 1. The number of carbonyl (C=O) groups is 2. The van der Waals surface area contributed by atoms with E-state index < -0.39 is 16.2 Å². The predicted octanol–water partition coefficient (Wildman–Crippen LogP) is 3.01. The third-order valence-electron chi connectivity index (χ3n) is 8.11. The number of nitrogens with one attached hydrogen (secondary N) is 1. The largest absolute Gasteiger partial charge is 0.339 e. The number of Topliss-reactive ketones (excluding diaryl/α,β-unsaturated/α-hetero) is 1. The van der Waals surface area contributed by atoms with Crippen LogP contribution in [0.4, 0.5) is 5.69 Å². The summed E-state index contributed by atoms with van der Waals surface area (Å²) in [5.74, 6) is -0.0699. The van der Waals surface area contributed by atoms with E-state index in [1.54, 1.807) is 0 Å². The Morgan fingerprint density at radius 1 is 1.07 bits per heavy atom. The van der Waals surface area contributed by atoms with E-state index in [9.17, 15) is 9.59 Å². The number of rotatable bonds is 4. The van der Waals surface area contributed by atoms with Crippen LogP contribution in [0.5, 0.6) is 0 Å². The average Bonchev–Trinajstić information content (AvgIpc) is 3.02. The Morgan fingerprint density at radius 3 is 2.34 bits per heavy atom. The van der Waals surface area contributed by atoms with E-state index in [0.29, 0.717) is 25.2 Å². The number of anilines is 1. The topological polar surface area (TPSA) is 65.0 Å². The minimum atomic E-state index is -0.993. The van der Waals surface area contributed by atoms with Crippen molar-refractivity contribution in [3.63, 3.8) is 0 Å². The Morgan fingerprint density at radius 2 is 1.72 bits per heavy atom. The maximum Gasteiger partial charge on any atom is 0.237 e. The molecule has 0 radical (unpaired) electrons. The summed E-state index contributed by atoms with van der Waals surface area (Å²) in [5.41, 5.74) is 2.55. The molecule has 2 unspecified atom stereocenters. The number of hydrogen-bond donors (Lipinski definition) is 1. The van der Waals surface area contributed by atoms with E-state index in [2.05, 4.69) is 43.1 Å². The van der Waals surface area contributed by atoms with Crippen LogP contribution in [0.2, 0.25) is 0 Å². The summed E-state index contributed by atoms with van der Waals surface area (Å²) in [6.45, 7) is 12.6. The molecule has 3 aliphatic rings. The lowest BCUT2D eigenvalue weighted by Gasteiger charge is -2.43. The van der Waals surface area contributed by atoms with E-state index in [0.717, 1.165) is 31.7 Å². The normalized spacial score (nSPS) is 32.8. The third-order valence-corrected chi connectivity index (χ3v) is 8.11. The molecule has 1 N–H and O–H groups in total. The minimum Gasteiger partial charge on any atom is -0.339 e. The van der Waals surface area contributed by atoms with Crippen molar-refractivity contribution in [1.29, 1.82) is 0 Å². The zero-order valence-electron chi connectivity index (χ0n) is 18.0. The summed E-state index contributed by atoms with van der Waals surface area (Å²) < 4.78 is 0. The Labute approximate surface area is 173 Å². The molecule has 1 amide bonds. The quantitative estimate of drug-likeness (QED) is 0.628. The monoisotopic (exact) mass is 396 g/mol. The van der Waals surface area contributed by atoms with Gasteiger partial charge in [0.15, 0.2) is 5.78 Å². The van der Waals surface area contributed by atoms with Crippen molar-refractivity contribution in [3.8, 4) is 0 Å². The number of nitrogens with zero attached hydrogens (tertiary/aromatic N) is 3. The van der Waals surface area contributed by atoms with E-state index in [1.807, 2.05) is 35.2 Å². The Bertz CT molecular complexity index is 842. The fourth-order valence-electron chi connectivity index (χ4n) is 5.61. The highest BCUT2D eigenvalue weighted by atomic mass is 16.2. The van der Waals surface area contributed by atoms with Crippen molar-refractivity contribution in [1.82, 2.24) is 9.80 Å². The van der Waals surface area contributed by atoms with Crippen LogP contribution < -0.4 is 5.43 Å². The van der Waals surface area contributed by atoms with E-state index in [4.69, 9.17) is 0 Å². The molecule has 3 fully saturated rings. The van der Waals surface area contributed by atoms with Crippen LogP contribution in [0.25, 0.3) is 0 Å². The molecule has 1 heterocycles. The van der Waals surface area contributed by atoms with Crippen LogP contribution in [0.1, 0.15) is 40.5 Å². The van der Waals surface area contributed by atoms with Gasteiger partial charge >= 0.3 is 0 Å². The summed E-state index contributed by atoms with van der Waals surface area (Å²) in [5, 5.41) is 4.56. The number of hydrogen-bond acceptors (Lipinski definition) is 5. The van der Waals surface area contributed by atoms with Gasteiger partial charge in [0.25, 0.3) is 0 Å². The van der Waals surface area contributed by atoms with Crippen molar-refractivity contribution < 1.29 is 9.59 Å². The van der Waals surface area contributed by atoms with Gasteiger partial charge in [0.05, 0.1) is 5.69 Å². The second kappa shape index (κ2) is 6.94. The molecule has 0 aromatic heterocycles. The Balaban J connectivity index is 1.65. The average molecular weight is 397 g/mol. The molecule has 156 valence electrons. The lowest BCUT2D eigenvalue weighted by Crippen LogP contribution is -2.57. The number of ketones is 1. The van der Waals surface area contributed by atoms with Crippen LogP contribution in [-0.2, 0) is 9.59 Å². The molecule has 4 rings (SSSR count). The highest BCUT2D eigenvalue weighted by Gasteiger charge is 2.77. The van der Waals surface area contributed by atoms with Crippen molar-refractivity contribution in [2.45, 2.75) is 40.5 Å². The van der Waals surface area contributed by atoms with Crippen LogP contribution in [-0.4, -0.2) is 59.9 Å². The predicted molar refractivity (Wildman–Crippen MR) is 115 cm³/mol. The van der Waals surface area contributed by atoms with Crippen molar-refractivity contribution >= 4 is 23.1 Å². The number of fused-ring (bicyclic) bond motifs is 2. The second-order valence-corrected chi connectivity index (χ2v) is 9.36. The molecule has 1 saturated heterocycles. The molecule has 6 heteroatoms. The van der Waals surface area contributed by atoms with Crippen LogP contribution in [0.15, 0.2) is 35.4 Å². The molecule has 1 aliphatic heterocycles. The zero-order chi connectivity index (χ0) is 20.9. The van der Waals surface area contributed by atoms with Gasteiger partial charge in [-0.25, -0.2) is 0 Å². The van der Waals surface area contributed by atoms with Gasteiger partial charge < -0.3 is 9.80 Å². The van der Waals surface area contributed by atoms with Crippen LogP contribution in [0.3, 0.4) is 0 Å². The van der Waals surface area contributed by atoms with Crippen molar-refractivity contribution in [2.24, 2.45) is 21.3 Å². The summed E-state index contributed by atoms with van der Waals surface area (Å²) in [4.78, 5) is 31.7. The van der Waals surface area contributed by atoms with Crippen LogP contribution >= 0.6 is 0 Å². The summed E-state index contributed by atoms with van der Waals surface area (Å²) in [6, 6.07) is 9.64. The van der Waals surface area contributed by atoms with Gasteiger partial charge in [-0.3, -0.25) is 15.0 Å². The van der Waals surface area contributed by atoms with Gasteiger partial charge in [0, 0.05) is 31.6 Å². The van der Waals surface area contributed by atoms with Gasteiger partial charge in [0.1, 0.15) is 11.1 Å². The smallest absolute Gasteiger partial charge is 0.237 e. The summed E-state index contributed by atoms with van der Waals surface area (Å²) in [6.07, 6.45) is 1.42. The molecule has 2 atom stereocenters. The molecule has 2 bridgehead atoms. The fraction of sp³-hybridized carbons (Fsp3) is 0.609. The number of likely N-dealkylation sites (N-methyl/N-ethyl adjacent to an activating group) is 1. The van der Waals surface area contributed by atoms with Gasteiger partial charge in [0.2, 0.25) is 5.91 Å². The Hall–Kier alpha value is -2.21. The van der Waals surface area contributed by atoms with Crippen LogP contribution in [0, 0.1) is 16.2 Å². The first-order chi connectivity index (χ1) is 13.8. The SMILES string of the molecule is CCN1CCN(C(=O)C23CCC(C)(/C(=N/Nc4ccccc4)C2=O)C3(C)C)CC1. The molecule has 2 saturated carbocycles. The molecule has 1 aromatic rings. The summed E-state index contributed by atoms with van der Waals surface area (Å²) in [7, 11) is 0. The zero-order valence-corrected chi connectivity index (χ0v) is 18.0. The first-order valence-corrected chi connectivity index (χ1v) is 10.7. The molecule has 1 aromatic carbocycles. The molecule has 0 spiro atoms. The van der Waals surface area contributed by atoms with Crippen molar-refractivity contribution in [2.75, 3.05) is 38.1 Å². The second-order valence-electron chi connectivity index (χ2n) is 9.36. The van der Waals surface area contributed by atoms with E-state index in [1.165, 1.54) is 0 Å². The maximum atomic E-state index is 13.8. The molecule has 2 aliphatic carbocycles. The number of para-hydroxylation sites is 1. The highest BCUT2D eigenvalue weighted by molar-refractivity contribution is 6.50. The molecular formula is C23H32N4O2. The fourth-order valence-corrected chi connectivity index (χ4v) is 5.61. The van der Waals surface area contributed by atoms with E-state index in [-0.39, 0.29) is 11.7 Å². The first-order valence-electron chi connectivity index (χ1n) is 10.7. The van der Waals surface area contributed by atoms with Gasteiger partial charge in [-0.1, -0.05) is 45.9 Å².